The number of hydrogen-bond acceptors (Lipinski definition) is 2. The van der Waals surface area contributed by atoms with Gasteiger partial charge in [-0.25, -0.2) is 4.39 Å². The zero-order chi connectivity index (χ0) is 16.8. The van der Waals surface area contributed by atoms with E-state index in [2.05, 4.69) is 5.32 Å². The maximum absolute atomic E-state index is 13.7. The van der Waals surface area contributed by atoms with E-state index in [-0.39, 0.29) is 24.9 Å². The third-order valence-corrected chi connectivity index (χ3v) is 3.44. The van der Waals surface area contributed by atoms with Gasteiger partial charge >= 0.3 is 0 Å². The molecule has 0 heterocycles. The molecule has 2 rings (SSSR count). The Morgan fingerprint density at radius 3 is 2.57 bits per heavy atom. The van der Waals surface area contributed by atoms with Gasteiger partial charge in [0.05, 0.1) is 0 Å². The van der Waals surface area contributed by atoms with Crippen molar-refractivity contribution in [2.24, 2.45) is 0 Å². The lowest BCUT2D eigenvalue weighted by Crippen LogP contribution is -2.36. The molecule has 0 aliphatic rings. The van der Waals surface area contributed by atoms with Crippen molar-refractivity contribution in [3.63, 3.8) is 0 Å². The molecular weight excluding hydrogens is 319 g/mol. The van der Waals surface area contributed by atoms with E-state index < -0.39 is 5.82 Å². The molecule has 6 heteroatoms. The Kier molecular flexibility index (Phi) is 5.71. The first kappa shape index (κ1) is 17.0. The number of nitrogens with zero attached hydrogens (tertiary/aromatic N) is 1. The lowest BCUT2D eigenvalue weighted by atomic mass is 10.2. The molecule has 0 aliphatic heterocycles. The topological polar surface area (TPSA) is 49.4 Å². The molecule has 2 amide bonds. The molecule has 0 aliphatic carbocycles. The molecule has 0 fully saturated rings. The Morgan fingerprint density at radius 1 is 1.17 bits per heavy atom. The number of nitrogens with one attached hydrogen (secondary N) is 1. The fourth-order valence-corrected chi connectivity index (χ4v) is 2.24. The average molecular weight is 335 g/mol. The first-order valence-corrected chi connectivity index (χ1v) is 7.38. The Balaban J connectivity index is 2.03. The zero-order valence-electron chi connectivity index (χ0n) is 12.6. The van der Waals surface area contributed by atoms with E-state index in [1.54, 1.807) is 42.5 Å². The summed E-state index contributed by atoms with van der Waals surface area (Å²) in [5.41, 5.74) is 0.898. The van der Waals surface area contributed by atoms with Gasteiger partial charge < -0.3 is 10.2 Å². The molecule has 2 aromatic rings. The van der Waals surface area contributed by atoms with E-state index in [1.807, 2.05) is 0 Å². The van der Waals surface area contributed by atoms with E-state index in [1.165, 1.54) is 17.9 Å². The lowest BCUT2D eigenvalue weighted by molar-refractivity contribution is -0.133. The highest BCUT2D eigenvalue weighted by Crippen LogP contribution is 2.15. The minimum absolute atomic E-state index is 0.0327. The molecule has 4 nitrogen and oxygen atoms in total. The summed E-state index contributed by atoms with van der Waals surface area (Å²) in [6, 6.07) is 12.9. The van der Waals surface area contributed by atoms with Crippen molar-refractivity contribution in [1.82, 2.24) is 4.90 Å². The smallest absolute Gasteiger partial charge is 0.244 e. The average Bonchev–Trinajstić information content (AvgIpc) is 2.48. The SMILES string of the molecule is CC(=O)N(CC(=O)Nc1cccc(Cl)c1)Cc1ccccc1F. The van der Waals surface area contributed by atoms with Crippen LogP contribution in [-0.4, -0.2) is 23.3 Å². The van der Waals surface area contributed by atoms with Crippen molar-refractivity contribution in [1.29, 1.82) is 0 Å². The fourth-order valence-electron chi connectivity index (χ4n) is 2.05. The van der Waals surface area contributed by atoms with Crippen molar-refractivity contribution in [2.45, 2.75) is 13.5 Å². The highest BCUT2D eigenvalue weighted by molar-refractivity contribution is 6.30. The van der Waals surface area contributed by atoms with E-state index >= 15 is 0 Å². The van der Waals surface area contributed by atoms with Gasteiger partial charge in [0.1, 0.15) is 12.4 Å². The van der Waals surface area contributed by atoms with Gasteiger partial charge in [-0.15, -0.1) is 0 Å². The van der Waals surface area contributed by atoms with Gasteiger partial charge in [-0.1, -0.05) is 35.9 Å². The molecule has 0 radical (unpaired) electrons. The van der Waals surface area contributed by atoms with E-state index in [4.69, 9.17) is 11.6 Å². The molecule has 120 valence electrons. The summed E-state index contributed by atoms with van der Waals surface area (Å²) in [6.45, 7) is 1.20. The van der Waals surface area contributed by atoms with E-state index in [0.717, 1.165) is 0 Å². The lowest BCUT2D eigenvalue weighted by Gasteiger charge is -2.21. The van der Waals surface area contributed by atoms with Gasteiger partial charge in [-0.05, 0) is 24.3 Å². The van der Waals surface area contributed by atoms with Crippen molar-refractivity contribution in [3.8, 4) is 0 Å². The third kappa shape index (κ3) is 5.07. The van der Waals surface area contributed by atoms with Crippen LogP contribution in [0.15, 0.2) is 48.5 Å². The molecule has 0 saturated heterocycles. The second-order valence-corrected chi connectivity index (χ2v) is 5.46. The van der Waals surface area contributed by atoms with Crippen LogP contribution in [0.2, 0.25) is 5.02 Å². The van der Waals surface area contributed by atoms with Crippen LogP contribution in [0.4, 0.5) is 10.1 Å². The number of halogens is 2. The minimum atomic E-state index is -0.408. The first-order valence-electron chi connectivity index (χ1n) is 7.00. The van der Waals surface area contributed by atoms with Gasteiger partial charge in [0.2, 0.25) is 11.8 Å². The summed E-state index contributed by atoms with van der Waals surface area (Å²) >= 11 is 5.85. The summed E-state index contributed by atoms with van der Waals surface area (Å²) in [5, 5.41) is 3.16. The number of benzene rings is 2. The number of anilines is 1. The minimum Gasteiger partial charge on any atom is -0.329 e. The second kappa shape index (κ2) is 7.74. The maximum atomic E-state index is 13.7. The number of carbonyl (C=O) groups is 2. The normalized spacial score (nSPS) is 10.2. The van der Waals surface area contributed by atoms with Crippen molar-refractivity contribution >= 4 is 29.1 Å². The van der Waals surface area contributed by atoms with Crippen LogP contribution in [0.25, 0.3) is 0 Å². The zero-order valence-corrected chi connectivity index (χ0v) is 13.3. The third-order valence-electron chi connectivity index (χ3n) is 3.21. The molecule has 0 unspecified atom stereocenters. The molecule has 0 atom stereocenters. The summed E-state index contributed by atoms with van der Waals surface area (Å²) in [7, 11) is 0. The summed E-state index contributed by atoms with van der Waals surface area (Å²) in [6.07, 6.45) is 0. The second-order valence-electron chi connectivity index (χ2n) is 5.03. The highest BCUT2D eigenvalue weighted by atomic mass is 35.5. The van der Waals surface area contributed by atoms with Crippen LogP contribution >= 0.6 is 11.6 Å². The number of rotatable bonds is 5. The molecule has 0 spiro atoms. The van der Waals surface area contributed by atoms with Crippen molar-refractivity contribution < 1.29 is 14.0 Å². The fraction of sp³-hybridized carbons (Fsp3) is 0.176. The summed E-state index contributed by atoms with van der Waals surface area (Å²) < 4.78 is 13.7. The van der Waals surface area contributed by atoms with Gasteiger partial charge in [0.15, 0.2) is 0 Å². The quantitative estimate of drug-likeness (QED) is 0.910. The van der Waals surface area contributed by atoms with Crippen LogP contribution < -0.4 is 5.32 Å². The van der Waals surface area contributed by atoms with Gasteiger partial charge in [0, 0.05) is 29.7 Å². The maximum Gasteiger partial charge on any atom is 0.244 e. The van der Waals surface area contributed by atoms with Crippen molar-refractivity contribution in [2.75, 3.05) is 11.9 Å². The van der Waals surface area contributed by atoms with Crippen LogP contribution in [-0.2, 0) is 16.1 Å². The number of amides is 2. The molecule has 2 aromatic carbocycles. The Labute approximate surface area is 138 Å². The molecule has 0 saturated carbocycles. The standard InChI is InChI=1S/C17H16ClFN2O2/c1-12(22)21(10-13-5-2-3-8-16(13)19)11-17(23)20-15-7-4-6-14(18)9-15/h2-9H,10-11H2,1H3,(H,20,23). The van der Waals surface area contributed by atoms with Gasteiger partial charge in [0.25, 0.3) is 0 Å². The predicted molar refractivity (Wildman–Crippen MR) is 87.6 cm³/mol. The predicted octanol–water partition coefficient (Wildman–Crippen LogP) is 3.47. The number of carbonyl (C=O) groups excluding carboxylic acids is 2. The Bertz CT molecular complexity index is 721. The van der Waals surface area contributed by atoms with Gasteiger partial charge in [-0.3, -0.25) is 9.59 Å². The van der Waals surface area contributed by atoms with Crippen LogP contribution in [0.3, 0.4) is 0 Å². The molecule has 0 aromatic heterocycles. The Hall–Kier alpha value is -2.40. The largest absolute Gasteiger partial charge is 0.329 e. The summed E-state index contributed by atoms with van der Waals surface area (Å²) in [4.78, 5) is 25.1. The van der Waals surface area contributed by atoms with Crippen LogP contribution in [0.5, 0.6) is 0 Å². The monoisotopic (exact) mass is 334 g/mol. The first-order chi connectivity index (χ1) is 11.0. The van der Waals surface area contributed by atoms with E-state index in [9.17, 15) is 14.0 Å². The molecular formula is C17H16ClFN2O2. The van der Waals surface area contributed by atoms with Crippen molar-refractivity contribution in [3.05, 3.63) is 64.9 Å². The summed E-state index contributed by atoms with van der Waals surface area (Å²) in [5.74, 6) is -1.10. The number of hydrogen-bond donors (Lipinski definition) is 1. The van der Waals surface area contributed by atoms with Gasteiger partial charge in [-0.2, -0.15) is 0 Å². The molecule has 1 N–H and O–H groups in total. The molecule has 0 bridgehead atoms. The van der Waals surface area contributed by atoms with Crippen LogP contribution in [0.1, 0.15) is 12.5 Å². The van der Waals surface area contributed by atoms with E-state index in [0.29, 0.717) is 16.3 Å². The molecule has 23 heavy (non-hydrogen) atoms. The van der Waals surface area contributed by atoms with Crippen LogP contribution in [0, 0.1) is 5.82 Å². The Morgan fingerprint density at radius 2 is 1.91 bits per heavy atom. The highest BCUT2D eigenvalue weighted by Gasteiger charge is 2.16.